The number of pyridine rings is 1. The highest BCUT2D eigenvalue weighted by atomic mass is 16.5. The van der Waals surface area contributed by atoms with Gasteiger partial charge >= 0.3 is 0 Å². The van der Waals surface area contributed by atoms with Crippen LogP contribution in [0.3, 0.4) is 0 Å². The summed E-state index contributed by atoms with van der Waals surface area (Å²) in [5.74, 6) is 1.82. The molecule has 4 rings (SSSR count). The second-order valence-electron chi connectivity index (χ2n) is 6.95. The van der Waals surface area contributed by atoms with E-state index in [1.807, 2.05) is 23.1 Å². The van der Waals surface area contributed by atoms with E-state index in [0.29, 0.717) is 24.3 Å². The summed E-state index contributed by atoms with van der Waals surface area (Å²) in [4.78, 5) is 18.4. The zero-order chi connectivity index (χ0) is 15.2. The molecule has 0 N–H and O–H groups in total. The van der Waals surface area contributed by atoms with Gasteiger partial charge in [0.1, 0.15) is 11.7 Å². The molecule has 3 unspecified atom stereocenters. The highest BCUT2D eigenvalue weighted by Crippen LogP contribution is 2.43. The fourth-order valence-electron chi connectivity index (χ4n) is 3.60. The zero-order valence-corrected chi connectivity index (χ0v) is 12.9. The normalized spacial score (nSPS) is 32.4. The van der Waals surface area contributed by atoms with Crippen LogP contribution >= 0.6 is 0 Å². The number of aromatic nitrogens is 1. The van der Waals surface area contributed by atoms with Crippen LogP contribution in [0, 0.1) is 11.8 Å². The van der Waals surface area contributed by atoms with Crippen LogP contribution in [0.15, 0.2) is 24.4 Å². The molecule has 1 aromatic heterocycles. The maximum Gasteiger partial charge on any atom is 0.226 e. The zero-order valence-electron chi connectivity index (χ0n) is 12.9. The SMILES string of the molecule is CC1CC1C(=O)N1CC2(CC(Oc3ccccn3)CCO2)C1. The number of amides is 1. The van der Waals surface area contributed by atoms with E-state index in [1.165, 1.54) is 0 Å². The molecule has 3 heterocycles. The molecule has 5 nitrogen and oxygen atoms in total. The summed E-state index contributed by atoms with van der Waals surface area (Å²) >= 11 is 0. The third kappa shape index (κ3) is 2.58. The lowest BCUT2D eigenvalue weighted by molar-refractivity contribution is -0.194. The lowest BCUT2D eigenvalue weighted by atomic mass is 9.84. The first kappa shape index (κ1) is 14.0. The van der Waals surface area contributed by atoms with Crippen LogP contribution in [0.1, 0.15) is 26.2 Å². The molecule has 1 aliphatic carbocycles. The Morgan fingerprint density at radius 3 is 2.95 bits per heavy atom. The van der Waals surface area contributed by atoms with Crippen molar-refractivity contribution in [2.45, 2.75) is 37.9 Å². The first-order chi connectivity index (χ1) is 10.7. The molecule has 0 bridgehead atoms. The predicted octanol–water partition coefficient (Wildman–Crippen LogP) is 1.88. The van der Waals surface area contributed by atoms with Gasteiger partial charge in [0.15, 0.2) is 0 Å². The van der Waals surface area contributed by atoms with Gasteiger partial charge < -0.3 is 14.4 Å². The van der Waals surface area contributed by atoms with E-state index in [0.717, 1.165) is 32.4 Å². The predicted molar refractivity (Wildman–Crippen MR) is 80.4 cm³/mol. The quantitative estimate of drug-likeness (QED) is 0.855. The van der Waals surface area contributed by atoms with Crippen molar-refractivity contribution in [3.8, 4) is 5.88 Å². The van der Waals surface area contributed by atoms with E-state index < -0.39 is 0 Å². The molecule has 5 heteroatoms. The average Bonchev–Trinajstić information content (AvgIpc) is 3.22. The first-order valence-electron chi connectivity index (χ1n) is 8.16. The second-order valence-corrected chi connectivity index (χ2v) is 6.95. The van der Waals surface area contributed by atoms with Crippen LogP contribution in [-0.4, -0.2) is 47.2 Å². The molecule has 22 heavy (non-hydrogen) atoms. The topological polar surface area (TPSA) is 51.7 Å². The number of likely N-dealkylation sites (tertiary alicyclic amines) is 1. The summed E-state index contributed by atoms with van der Waals surface area (Å²) in [5, 5.41) is 0. The molecular weight excluding hydrogens is 280 g/mol. The largest absolute Gasteiger partial charge is 0.474 e. The van der Waals surface area contributed by atoms with Crippen LogP contribution in [0.2, 0.25) is 0 Å². The molecule has 118 valence electrons. The van der Waals surface area contributed by atoms with E-state index in [2.05, 4.69) is 11.9 Å². The van der Waals surface area contributed by atoms with Gasteiger partial charge in [-0.25, -0.2) is 4.98 Å². The van der Waals surface area contributed by atoms with Crippen LogP contribution < -0.4 is 4.74 Å². The van der Waals surface area contributed by atoms with Crippen LogP contribution in [-0.2, 0) is 9.53 Å². The minimum atomic E-state index is -0.189. The van der Waals surface area contributed by atoms with Gasteiger partial charge in [-0.05, 0) is 18.4 Å². The number of nitrogens with zero attached hydrogens (tertiary/aromatic N) is 2. The van der Waals surface area contributed by atoms with Crippen molar-refractivity contribution in [2.75, 3.05) is 19.7 Å². The summed E-state index contributed by atoms with van der Waals surface area (Å²) in [5.41, 5.74) is -0.189. The van der Waals surface area contributed by atoms with E-state index in [1.54, 1.807) is 6.20 Å². The number of rotatable bonds is 3. The molecule has 0 aromatic carbocycles. The Hall–Kier alpha value is -1.62. The van der Waals surface area contributed by atoms with Crippen molar-refractivity contribution >= 4 is 5.91 Å². The number of hydrogen-bond donors (Lipinski definition) is 0. The molecule has 1 spiro atoms. The van der Waals surface area contributed by atoms with Gasteiger partial charge in [-0.2, -0.15) is 0 Å². The van der Waals surface area contributed by atoms with Gasteiger partial charge in [0, 0.05) is 31.0 Å². The summed E-state index contributed by atoms with van der Waals surface area (Å²) < 4.78 is 11.9. The van der Waals surface area contributed by atoms with Crippen molar-refractivity contribution in [1.82, 2.24) is 9.88 Å². The third-order valence-electron chi connectivity index (χ3n) is 5.07. The summed E-state index contributed by atoms with van der Waals surface area (Å²) in [6.45, 7) is 4.28. The van der Waals surface area contributed by atoms with Crippen molar-refractivity contribution in [3.63, 3.8) is 0 Å². The lowest BCUT2D eigenvalue weighted by Crippen LogP contribution is -2.67. The van der Waals surface area contributed by atoms with E-state index in [9.17, 15) is 4.79 Å². The van der Waals surface area contributed by atoms with Crippen molar-refractivity contribution in [3.05, 3.63) is 24.4 Å². The summed E-state index contributed by atoms with van der Waals surface area (Å²) in [7, 11) is 0. The Bertz CT molecular complexity index is 556. The van der Waals surface area contributed by atoms with Crippen LogP contribution in [0.5, 0.6) is 5.88 Å². The Morgan fingerprint density at radius 2 is 2.27 bits per heavy atom. The minimum Gasteiger partial charge on any atom is -0.474 e. The molecule has 0 radical (unpaired) electrons. The first-order valence-corrected chi connectivity index (χ1v) is 8.16. The van der Waals surface area contributed by atoms with Crippen molar-refractivity contribution < 1.29 is 14.3 Å². The van der Waals surface area contributed by atoms with E-state index in [-0.39, 0.29) is 17.6 Å². The maximum absolute atomic E-state index is 12.2. The van der Waals surface area contributed by atoms with Crippen LogP contribution in [0.25, 0.3) is 0 Å². The van der Waals surface area contributed by atoms with Crippen molar-refractivity contribution in [1.29, 1.82) is 0 Å². The van der Waals surface area contributed by atoms with Crippen molar-refractivity contribution in [2.24, 2.45) is 11.8 Å². The van der Waals surface area contributed by atoms with Gasteiger partial charge in [-0.1, -0.05) is 13.0 Å². The monoisotopic (exact) mass is 302 g/mol. The standard InChI is InChI=1S/C17H22N2O3/c1-12-8-14(12)16(20)19-10-17(11-19)9-13(5-7-21-17)22-15-4-2-3-6-18-15/h2-4,6,12-14H,5,7-11H2,1H3. The van der Waals surface area contributed by atoms with Gasteiger partial charge in [0.25, 0.3) is 0 Å². The fraction of sp³-hybridized carbons (Fsp3) is 0.647. The second kappa shape index (κ2) is 5.23. The molecule has 3 fully saturated rings. The molecule has 1 aromatic rings. The molecule has 3 aliphatic rings. The molecule has 1 saturated carbocycles. The number of carbonyl (C=O) groups is 1. The Kier molecular flexibility index (Phi) is 3.33. The maximum atomic E-state index is 12.2. The Balaban J connectivity index is 1.33. The summed E-state index contributed by atoms with van der Waals surface area (Å²) in [6, 6.07) is 5.69. The molecule has 3 atom stereocenters. The number of ether oxygens (including phenoxy) is 2. The van der Waals surface area contributed by atoms with E-state index >= 15 is 0 Å². The van der Waals surface area contributed by atoms with Crippen LogP contribution in [0.4, 0.5) is 0 Å². The Labute approximate surface area is 130 Å². The van der Waals surface area contributed by atoms with Gasteiger partial charge in [0.2, 0.25) is 11.8 Å². The third-order valence-corrected chi connectivity index (χ3v) is 5.07. The van der Waals surface area contributed by atoms with E-state index in [4.69, 9.17) is 9.47 Å². The summed E-state index contributed by atoms with van der Waals surface area (Å²) in [6.07, 6.45) is 4.64. The molecule has 2 aliphatic heterocycles. The van der Waals surface area contributed by atoms with Gasteiger partial charge in [0.05, 0.1) is 19.7 Å². The number of hydrogen-bond acceptors (Lipinski definition) is 4. The highest BCUT2D eigenvalue weighted by molar-refractivity contribution is 5.82. The molecule has 1 amide bonds. The molecular formula is C17H22N2O3. The van der Waals surface area contributed by atoms with Gasteiger partial charge in [-0.3, -0.25) is 4.79 Å². The number of carbonyl (C=O) groups excluding carboxylic acids is 1. The molecule has 2 saturated heterocycles. The Morgan fingerprint density at radius 1 is 1.45 bits per heavy atom. The fourth-order valence-corrected chi connectivity index (χ4v) is 3.60. The minimum absolute atomic E-state index is 0.126. The lowest BCUT2D eigenvalue weighted by Gasteiger charge is -2.53. The highest BCUT2D eigenvalue weighted by Gasteiger charge is 2.53. The average molecular weight is 302 g/mol. The van der Waals surface area contributed by atoms with Gasteiger partial charge in [-0.15, -0.1) is 0 Å². The smallest absolute Gasteiger partial charge is 0.226 e.